The molecule has 2 fully saturated rings. The van der Waals surface area contributed by atoms with Crippen molar-refractivity contribution >= 4 is 22.7 Å². The Kier molecular flexibility index (Phi) is 7.85. The molecule has 1 saturated carbocycles. The lowest BCUT2D eigenvalue weighted by Gasteiger charge is -2.25. The third kappa shape index (κ3) is 6.65. The van der Waals surface area contributed by atoms with Gasteiger partial charge in [0.25, 0.3) is 0 Å². The number of anilines is 2. The van der Waals surface area contributed by atoms with Crippen molar-refractivity contribution in [1.29, 1.82) is 0 Å². The SMILES string of the molecule is c1ccc2c(NC3CCNCC3)nc(NCc3ccc(CNCCCNC4CC4)cc3)nc2c1. The van der Waals surface area contributed by atoms with Crippen LogP contribution >= 0.6 is 0 Å². The average molecular weight is 460 g/mol. The monoisotopic (exact) mass is 459 g/mol. The van der Waals surface area contributed by atoms with Crippen LogP contribution in [0.4, 0.5) is 11.8 Å². The first-order valence-electron chi connectivity index (χ1n) is 12.8. The van der Waals surface area contributed by atoms with Crippen LogP contribution < -0.4 is 26.6 Å². The number of hydrogen-bond donors (Lipinski definition) is 5. The van der Waals surface area contributed by atoms with Crippen LogP contribution in [0.3, 0.4) is 0 Å². The molecule has 5 N–H and O–H groups in total. The van der Waals surface area contributed by atoms with Crippen molar-refractivity contribution in [2.45, 2.75) is 57.3 Å². The standard InChI is InChI=1S/C27H37N7/c1-2-5-25-24(4-1)26(32-23-12-16-28-17-13-23)34-27(33-25)31-19-21-8-6-20(7-9-21)18-29-14-3-15-30-22-10-11-22/h1-2,4-9,22-23,28-30H,3,10-19H2,(H2,31,32,33,34). The lowest BCUT2D eigenvalue weighted by molar-refractivity contribution is 0.478. The van der Waals surface area contributed by atoms with E-state index in [-0.39, 0.29) is 0 Å². The summed E-state index contributed by atoms with van der Waals surface area (Å²) in [5.74, 6) is 1.59. The number of aromatic nitrogens is 2. The van der Waals surface area contributed by atoms with E-state index >= 15 is 0 Å². The minimum Gasteiger partial charge on any atom is -0.367 e. The summed E-state index contributed by atoms with van der Waals surface area (Å²) in [6.07, 6.45) is 6.12. The number of piperidine rings is 1. The number of nitrogens with zero attached hydrogens (tertiary/aromatic N) is 2. The fourth-order valence-corrected chi connectivity index (χ4v) is 4.42. The molecule has 1 aliphatic heterocycles. The fourth-order valence-electron chi connectivity index (χ4n) is 4.42. The smallest absolute Gasteiger partial charge is 0.225 e. The first kappa shape index (κ1) is 23.0. The summed E-state index contributed by atoms with van der Waals surface area (Å²) in [5.41, 5.74) is 3.50. The summed E-state index contributed by atoms with van der Waals surface area (Å²) in [7, 11) is 0. The molecule has 3 aromatic rings. The second-order valence-corrected chi connectivity index (χ2v) is 9.51. The molecule has 0 radical (unpaired) electrons. The lowest BCUT2D eigenvalue weighted by atomic mass is 10.1. The number of nitrogens with one attached hydrogen (secondary N) is 5. The van der Waals surface area contributed by atoms with E-state index in [9.17, 15) is 0 Å². The number of fused-ring (bicyclic) bond motifs is 1. The molecular formula is C27H37N7. The van der Waals surface area contributed by atoms with Crippen LogP contribution in [-0.2, 0) is 13.1 Å². The molecule has 1 aliphatic carbocycles. The average Bonchev–Trinajstić information content (AvgIpc) is 3.71. The zero-order valence-electron chi connectivity index (χ0n) is 19.9. The fraction of sp³-hybridized carbons (Fsp3) is 0.481. The van der Waals surface area contributed by atoms with E-state index in [1.807, 2.05) is 12.1 Å². The zero-order chi connectivity index (χ0) is 23.0. The first-order valence-corrected chi connectivity index (χ1v) is 12.8. The van der Waals surface area contributed by atoms with Crippen molar-refractivity contribution in [2.24, 2.45) is 0 Å². The molecule has 0 amide bonds. The Morgan fingerprint density at radius 3 is 2.35 bits per heavy atom. The Labute approximate surface area is 202 Å². The van der Waals surface area contributed by atoms with Gasteiger partial charge in [-0.2, -0.15) is 4.98 Å². The zero-order valence-corrected chi connectivity index (χ0v) is 19.9. The number of rotatable bonds is 12. The molecule has 7 heteroatoms. The summed E-state index contributed by atoms with van der Waals surface area (Å²) in [5, 5.41) is 18.7. The Bertz CT molecular complexity index is 1040. The van der Waals surface area contributed by atoms with E-state index in [4.69, 9.17) is 9.97 Å². The Morgan fingerprint density at radius 2 is 1.56 bits per heavy atom. The largest absolute Gasteiger partial charge is 0.367 e. The third-order valence-electron chi connectivity index (χ3n) is 6.63. The highest BCUT2D eigenvalue weighted by molar-refractivity contribution is 5.90. The van der Waals surface area contributed by atoms with Gasteiger partial charge in [0.2, 0.25) is 5.95 Å². The van der Waals surface area contributed by atoms with Gasteiger partial charge in [0, 0.05) is 30.6 Å². The molecule has 2 aliphatic rings. The molecule has 1 aromatic heterocycles. The summed E-state index contributed by atoms with van der Waals surface area (Å²) < 4.78 is 0. The van der Waals surface area contributed by atoms with Crippen LogP contribution in [0, 0.1) is 0 Å². The Morgan fingerprint density at radius 1 is 0.794 bits per heavy atom. The highest BCUT2D eigenvalue weighted by Gasteiger charge is 2.19. The summed E-state index contributed by atoms with van der Waals surface area (Å²) in [4.78, 5) is 9.59. The maximum absolute atomic E-state index is 4.84. The van der Waals surface area contributed by atoms with Gasteiger partial charge >= 0.3 is 0 Å². The van der Waals surface area contributed by atoms with Gasteiger partial charge in [-0.3, -0.25) is 0 Å². The van der Waals surface area contributed by atoms with Gasteiger partial charge in [0.05, 0.1) is 5.52 Å². The molecule has 2 aromatic carbocycles. The van der Waals surface area contributed by atoms with Crippen molar-refractivity contribution in [3.05, 3.63) is 59.7 Å². The predicted molar refractivity (Wildman–Crippen MR) is 140 cm³/mol. The molecule has 0 bridgehead atoms. The van der Waals surface area contributed by atoms with E-state index in [0.717, 1.165) is 68.3 Å². The molecule has 5 rings (SSSR count). The quantitative estimate of drug-likeness (QED) is 0.264. The van der Waals surface area contributed by atoms with Crippen LogP contribution in [0.2, 0.25) is 0 Å². The van der Waals surface area contributed by atoms with Gasteiger partial charge in [0.15, 0.2) is 0 Å². The summed E-state index contributed by atoms with van der Waals surface area (Å²) in [6, 6.07) is 18.3. The lowest BCUT2D eigenvalue weighted by Crippen LogP contribution is -2.35. The highest BCUT2D eigenvalue weighted by Crippen LogP contribution is 2.24. The Balaban J connectivity index is 1.14. The maximum atomic E-state index is 4.84. The molecule has 0 unspecified atom stereocenters. The van der Waals surface area contributed by atoms with Gasteiger partial charge in [-0.15, -0.1) is 0 Å². The Hall–Kier alpha value is -2.74. The molecular weight excluding hydrogens is 422 g/mol. The molecule has 1 saturated heterocycles. The second kappa shape index (κ2) is 11.6. The summed E-state index contributed by atoms with van der Waals surface area (Å²) in [6.45, 7) is 5.89. The normalized spacial score (nSPS) is 16.6. The van der Waals surface area contributed by atoms with Crippen LogP contribution in [-0.4, -0.2) is 48.2 Å². The van der Waals surface area contributed by atoms with Crippen molar-refractivity contribution in [2.75, 3.05) is 36.8 Å². The van der Waals surface area contributed by atoms with Crippen molar-refractivity contribution in [3.63, 3.8) is 0 Å². The van der Waals surface area contributed by atoms with Gasteiger partial charge in [0.1, 0.15) is 5.82 Å². The molecule has 0 atom stereocenters. The van der Waals surface area contributed by atoms with Gasteiger partial charge in [-0.05, 0) is 81.5 Å². The maximum Gasteiger partial charge on any atom is 0.225 e. The number of hydrogen-bond acceptors (Lipinski definition) is 7. The minimum atomic E-state index is 0.447. The van der Waals surface area contributed by atoms with E-state index in [2.05, 4.69) is 63.0 Å². The molecule has 2 heterocycles. The van der Waals surface area contributed by atoms with Crippen molar-refractivity contribution < 1.29 is 0 Å². The van der Waals surface area contributed by atoms with Gasteiger partial charge < -0.3 is 26.6 Å². The van der Waals surface area contributed by atoms with Crippen molar-refractivity contribution in [1.82, 2.24) is 25.9 Å². The van der Waals surface area contributed by atoms with Crippen molar-refractivity contribution in [3.8, 4) is 0 Å². The minimum absolute atomic E-state index is 0.447. The molecule has 180 valence electrons. The molecule has 34 heavy (non-hydrogen) atoms. The van der Waals surface area contributed by atoms with Crippen LogP contribution in [0.25, 0.3) is 10.9 Å². The van der Waals surface area contributed by atoms with Crippen LogP contribution in [0.1, 0.15) is 43.2 Å². The molecule has 0 spiro atoms. The second-order valence-electron chi connectivity index (χ2n) is 9.51. The number of benzene rings is 2. The van der Waals surface area contributed by atoms with Gasteiger partial charge in [-0.1, -0.05) is 36.4 Å². The van der Waals surface area contributed by atoms with Crippen LogP contribution in [0.15, 0.2) is 48.5 Å². The van der Waals surface area contributed by atoms with E-state index in [0.29, 0.717) is 18.5 Å². The molecule has 7 nitrogen and oxygen atoms in total. The van der Waals surface area contributed by atoms with Crippen LogP contribution in [0.5, 0.6) is 0 Å². The first-order chi connectivity index (χ1) is 16.8. The van der Waals surface area contributed by atoms with Gasteiger partial charge in [-0.25, -0.2) is 4.98 Å². The van der Waals surface area contributed by atoms with E-state index in [1.165, 1.54) is 30.4 Å². The summed E-state index contributed by atoms with van der Waals surface area (Å²) >= 11 is 0. The predicted octanol–water partition coefficient (Wildman–Crippen LogP) is 3.64. The topological polar surface area (TPSA) is 85.9 Å². The van der Waals surface area contributed by atoms with E-state index in [1.54, 1.807) is 0 Å². The van der Waals surface area contributed by atoms with E-state index < -0.39 is 0 Å². The third-order valence-corrected chi connectivity index (χ3v) is 6.63. The number of para-hydroxylation sites is 1. The highest BCUT2D eigenvalue weighted by atomic mass is 15.2.